The summed E-state index contributed by atoms with van der Waals surface area (Å²) in [6.45, 7) is 1.69. The van der Waals surface area contributed by atoms with E-state index < -0.39 is 0 Å². The van der Waals surface area contributed by atoms with E-state index in [1.807, 2.05) is 17.5 Å². The van der Waals surface area contributed by atoms with Crippen LogP contribution in [0.2, 0.25) is 5.02 Å². The minimum Gasteiger partial charge on any atom is -0.348 e. The topological polar surface area (TPSA) is 80.1 Å². The van der Waals surface area contributed by atoms with Gasteiger partial charge in [-0.3, -0.25) is 9.59 Å². The number of anilines is 2. The molecule has 0 saturated carbocycles. The van der Waals surface area contributed by atoms with Gasteiger partial charge < -0.3 is 10.2 Å². The zero-order chi connectivity index (χ0) is 22.1. The number of amides is 1. The van der Waals surface area contributed by atoms with Crippen LogP contribution in [0.15, 0.2) is 46.6 Å². The number of carbonyl (C=O) groups excluding carboxylic acids is 1. The largest absolute Gasteiger partial charge is 0.348 e. The molecular weight excluding hydrogens is 466 g/mol. The molecule has 0 unspecified atom stereocenters. The summed E-state index contributed by atoms with van der Waals surface area (Å²) in [7, 11) is 0. The molecule has 10 heteroatoms. The molecule has 7 nitrogen and oxygen atoms in total. The van der Waals surface area contributed by atoms with Crippen LogP contribution in [0.1, 0.15) is 19.3 Å². The molecule has 3 aromatic heterocycles. The monoisotopic (exact) mass is 485 g/mol. The Kier molecular flexibility index (Phi) is 5.95. The van der Waals surface area contributed by atoms with Crippen molar-refractivity contribution in [3.05, 3.63) is 57.2 Å². The summed E-state index contributed by atoms with van der Waals surface area (Å²) < 4.78 is 1.98. The average Bonchev–Trinajstić information content (AvgIpc) is 3.49. The zero-order valence-electron chi connectivity index (χ0n) is 17.1. The van der Waals surface area contributed by atoms with Crippen molar-refractivity contribution in [2.45, 2.75) is 25.8 Å². The molecule has 0 radical (unpaired) electrons. The molecule has 1 N–H and O–H groups in total. The van der Waals surface area contributed by atoms with Gasteiger partial charge in [-0.2, -0.15) is 5.10 Å². The fourth-order valence-electron chi connectivity index (χ4n) is 3.72. The first-order chi connectivity index (χ1) is 15.6. The van der Waals surface area contributed by atoms with Crippen molar-refractivity contribution in [2.24, 2.45) is 0 Å². The Balaban J connectivity index is 1.52. The van der Waals surface area contributed by atoms with Gasteiger partial charge in [0.2, 0.25) is 5.91 Å². The molecule has 0 aliphatic carbocycles. The molecular formula is C22H20ClN5O2S2. The van der Waals surface area contributed by atoms with Crippen molar-refractivity contribution < 1.29 is 4.79 Å². The number of fused-ring (bicyclic) bond motifs is 1. The molecule has 1 fully saturated rings. The number of piperidine rings is 1. The number of nitrogens with one attached hydrogen (secondary N) is 1. The van der Waals surface area contributed by atoms with Crippen LogP contribution in [-0.2, 0) is 11.3 Å². The van der Waals surface area contributed by atoms with Gasteiger partial charge >= 0.3 is 0 Å². The van der Waals surface area contributed by atoms with Gasteiger partial charge in [0.25, 0.3) is 5.56 Å². The van der Waals surface area contributed by atoms with Crippen molar-refractivity contribution in [3.8, 4) is 10.6 Å². The molecule has 1 aliphatic rings. The molecule has 0 spiro atoms. The van der Waals surface area contributed by atoms with Crippen LogP contribution >= 0.6 is 34.3 Å². The highest BCUT2D eigenvalue weighted by molar-refractivity contribution is 7.23. The maximum Gasteiger partial charge on any atom is 0.294 e. The third-order valence-corrected chi connectivity index (χ3v) is 7.54. The number of aromatic nitrogens is 3. The summed E-state index contributed by atoms with van der Waals surface area (Å²) in [4.78, 5) is 33.7. The van der Waals surface area contributed by atoms with Gasteiger partial charge in [-0.05, 0) is 55.0 Å². The van der Waals surface area contributed by atoms with Gasteiger partial charge in [0, 0.05) is 23.8 Å². The lowest BCUT2D eigenvalue weighted by Crippen LogP contribution is -2.30. The Bertz CT molecular complexity index is 1310. The second-order valence-electron chi connectivity index (χ2n) is 7.57. The highest BCUT2D eigenvalue weighted by atomic mass is 35.5. The summed E-state index contributed by atoms with van der Waals surface area (Å²) in [6, 6.07) is 10.7. The smallest absolute Gasteiger partial charge is 0.294 e. The maximum atomic E-state index is 13.2. The van der Waals surface area contributed by atoms with Gasteiger partial charge in [0.1, 0.15) is 12.2 Å². The molecule has 1 amide bonds. The average molecular weight is 486 g/mol. The predicted molar refractivity (Wildman–Crippen MR) is 131 cm³/mol. The van der Waals surface area contributed by atoms with Crippen LogP contribution in [0.3, 0.4) is 0 Å². The Morgan fingerprint density at radius 1 is 1.12 bits per heavy atom. The predicted octanol–water partition coefficient (Wildman–Crippen LogP) is 4.86. The summed E-state index contributed by atoms with van der Waals surface area (Å²) in [5, 5.41) is 10.8. The van der Waals surface area contributed by atoms with E-state index in [-0.39, 0.29) is 18.0 Å². The molecule has 1 aliphatic heterocycles. The van der Waals surface area contributed by atoms with E-state index in [0.29, 0.717) is 21.9 Å². The second-order valence-corrected chi connectivity index (χ2v) is 9.93. The van der Waals surface area contributed by atoms with Crippen LogP contribution in [-0.4, -0.2) is 33.8 Å². The van der Waals surface area contributed by atoms with Gasteiger partial charge in [-0.25, -0.2) is 9.67 Å². The fraction of sp³-hybridized carbons (Fsp3) is 0.273. The molecule has 4 heterocycles. The van der Waals surface area contributed by atoms with Gasteiger partial charge in [-0.1, -0.05) is 29.0 Å². The van der Waals surface area contributed by atoms with Crippen LogP contribution in [0.4, 0.5) is 10.8 Å². The zero-order valence-corrected chi connectivity index (χ0v) is 19.5. The number of thiazole rings is 1. The molecule has 32 heavy (non-hydrogen) atoms. The SMILES string of the molecule is O=C(Cn1nc(-c2cccs2)c2sc(N3CCCCC3)nc2c1=O)Nc1ccc(Cl)cc1. The van der Waals surface area contributed by atoms with Crippen molar-refractivity contribution in [1.29, 1.82) is 0 Å². The third kappa shape index (κ3) is 4.28. The number of halogens is 1. The third-order valence-electron chi connectivity index (χ3n) is 5.29. The summed E-state index contributed by atoms with van der Waals surface area (Å²) in [5.74, 6) is -0.343. The van der Waals surface area contributed by atoms with E-state index >= 15 is 0 Å². The molecule has 1 aromatic carbocycles. The highest BCUT2D eigenvalue weighted by Gasteiger charge is 2.22. The summed E-state index contributed by atoms with van der Waals surface area (Å²) in [6.07, 6.45) is 3.47. The van der Waals surface area contributed by atoms with Crippen molar-refractivity contribution in [1.82, 2.24) is 14.8 Å². The number of nitrogens with zero attached hydrogens (tertiary/aromatic N) is 4. The lowest BCUT2D eigenvalue weighted by Gasteiger charge is -2.25. The first-order valence-corrected chi connectivity index (χ1v) is 12.4. The highest BCUT2D eigenvalue weighted by Crippen LogP contribution is 2.36. The van der Waals surface area contributed by atoms with E-state index in [9.17, 15) is 9.59 Å². The number of thiophene rings is 1. The summed E-state index contributed by atoms with van der Waals surface area (Å²) in [5.41, 5.74) is 1.31. The molecule has 1 saturated heterocycles. The van der Waals surface area contributed by atoms with Crippen LogP contribution in [0.25, 0.3) is 20.8 Å². The van der Waals surface area contributed by atoms with E-state index in [4.69, 9.17) is 16.6 Å². The van der Waals surface area contributed by atoms with E-state index in [1.165, 1.54) is 22.4 Å². The number of benzene rings is 1. The Labute approximate surface area is 197 Å². The second kappa shape index (κ2) is 9.01. The van der Waals surface area contributed by atoms with Gasteiger partial charge in [0.05, 0.1) is 9.58 Å². The van der Waals surface area contributed by atoms with Crippen molar-refractivity contribution in [3.63, 3.8) is 0 Å². The first kappa shape index (κ1) is 21.1. The van der Waals surface area contributed by atoms with E-state index in [0.717, 1.165) is 40.6 Å². The molecule has 5 rings (SSSR count). The number of carbonyl (C=O) groups is 1. The van der Waals surface area contributed by atoms with Gasteiger partial charge in [-0.15, -0.1) is 11.3 Å². The minimum absolute atomic E-state index is 0.202. The standard InChI is InChI=1S/C22H20ClN5O2S2/c23-14-6-8-15(9-7-14)24-17(29)13-28-21(30)19-20(18(26-28)16-5-4-12-31-16)32-22(25-19)27-10-2-1-3-11-27/h4-9,12H,1-3,10-11,13H2,(H,24,29). The normalized spacial score (nSPS) is 14.1. The van der Waals surface area contributed by atoms with Crippen LogP contribution in [0, 0.1) is 0 Å². The molecule has 4 aromatic rings. The Morgan fingerprint density at radius 3 is 2.62 bits per heavy atom. The van der Waals surface area contributed by atoms with Crippen molar-refractivity contribution in [2.75, 3.05) is 23.3 Å². The number of rotatable bonds is 5. The molecule has 0 bridgehead atoms. The van der Waals surface area contributed by atoms with E-state index in [2.05, 4.69) is 15.3 Å². The minimum atomic E-state index is -0.355. The number of hydrogen-bond donors (Lipinski definition) is 1. The van der Waals surface area contributed by atoms with E-state index in [1.54, 1.807) is 35.6 Å². The van der Waals surface area contributed by atoms with Crippen LogP contribution < -0.4 is 15.8 Å². The van der Waals surface area contributed by atoms with Gasteiger partial charge in [0.15, 0.2) is 10.6 Å². The summed E-state index contributed by atoms with van der Waals surface area (Å²) >= 11 is 8.96. The fourth-order valence-corrected chi connectivity index (χ4v) is 5.73. The quantitative estimate of drug-likeness (QED) is 0.436. The lowest BCUT2D eigenvalue weighted by molar-refractivity contribution is -0.117. The Morgan fingerprint density at radius 2 is 1.91 bits per heavy atom. The first-order valence-electron chi connectivity index (χ1n) is 10.3. The van der Waals surface area contributed by atoms with Crippen LogP contribution in [0.5, 0.6) is 0 Å². The lowest BCUT2D eigenvalue weighted by atomic mass is 10.1. The number of hydrogen-bond acceptors (Lipinski definition) is 7. The molecule has 0 atom stereocenters. The Hall–Kier alpha value is -2.75. The molecule has 164 valence electrons. The maximum absolute atomic E-state index is 13.2. The van der Waals surface area contributed by atoms with Crippen molar-refractivity contribution >= 4 is 61.2 Å².